The molecule has 1 aromatic heterocycles. The van der Waals surface area contributed by atoms with E-state index in [-0.39, 0.29) is 6.04 Å². The van der Waals surface area contributed by atoms with Crippen molar-refractivity contribution in [3.8, 4) is 5.75 Å². The zero-order valence-corrected chi connectivity index (χ0v) is 11.5. The molecule has 3 nitrogen and oxygen atoms in total. The van der Waals surface area contributed by atoms with Crippen LogP contribution in [0.2, 0.25) is 0 Å². The first-order chi connectivity index (χ1) is 8.81. The number of aromatic nitrogens is 1. The molecule has 1 unspecified atom stereocenters. The Kier molecular flexibility index (Phi) is 7.11. The Morgan fingerprint density at radius 3 is 2.89 bits per heavy atom. The van der Waals surface area contributed by atoms with Crippen molar-refractivity contribution < 1.29 is 4.74 Å². The van der Waals surface area contributed by atoms with Gasteiger partial charge in [0.1, 0.15) is 5.75 Å². The molecule has 1 atom stereocenters. The van der Waals surface area contributed by atoms with Crippen molar-refractivity contribution >= 4 is 0 Å². The molecule has 0 bridgehead atoms. The average Bonchev–Trinajstić information content (AvgIpc) is 2.41. The maximum Gasteiger partial charge on any atom is 0.137 e. The van der Waals surface area contributed by atoms with Crippen molar-refractivity contribution in [2.75, 3.05) is 13.2 Å². The molecule has 100 valence electrons. The molecule has 0 radical (unpaired) electrons. The Bertz CT molecular complexity index is 352. The van der Waals surface area contributed by atoms with Crippen LogP contribution in [0.25, 0.3) is 0 Å². The first-order valence-corrected chi connectivity index (χ1v) is 6.73. The maximum absolute atomic E-state index is 5.61. The summed E-state index contributed by atoms with van der Waals surface area (Å²) in [5.74, 6) is 0.849. The summed E-state index contributed by atoms with van der Waals surface area (Å²) >= 11 is 0. The van der Waals surface area contributed by atoms with Crippen molar-refractivity contribution in [3.05, 3.63) is 36.7 Å². The van der Waals surface area contributed by atoms with E-state index in [4.69, 9.17) is 4.74 Å². The lowest BCUT2D eigenvalue weighted by Crippen LogP contribution is -2.21. The Labute approximate surface area is 110 Å². The van der Waals surface area contributed by atoms with Crippen LogP contribution in [0.5, 0.6) is 5.75 Å². The highest BCUT2D eigenvalue weighted by Crippen LogP contribution is 2.20. The number of ether oxygens (including phenoxy) is 1. The number of hydrogen-bond acceptors (Lipinski definition) is 3. The summed E-state index contributed by atoms with van der Waals surface area (Å²) in [5.41, 5.74) is 1.16. The monoisotopic (exact) mass is 248 g/mol. The third-order valence-corrected chi connectivity index (χ3v) is 2.65. The Morgan fingerprint density at radius 1 is 1.39 bits per heavy atom. The molecule has 0 fully saturated rings. The smallest absolute Gasteiger partial charge is 0.137 e. The SMILES string of the molecule is C=CCC(NCCC)c1cncc(OCCC)c1. The summed E-state index contributed by atoms with van der Waals surface area (Å²) in [7, 11) is 0. The van der Waals surface area contributed by atoms with Gasteiger partial charge in [0.2, 0.25) is 0 Å². The number of pyridine rings is 1. The van der Waals surface area contributed by atoms with Gasteiger partial charge in [0, 0.05) is 12.2 Å². The van der Waals surface area contributed by atoms with Crippen LogP contribution in [0.4, 0.5) is 0 Å². The molecule has 0 amide bonds. The van der Waals surface area contributed by atoms with E-state index in [9.17, 15) is 0 Å². The highest BCUT2D eigenvalue weighted by Gasteiger charge is 2.10. The topological polar surface area (TPSA) is 34.2 Å². The maximum atomic E-state index is 5.61. The second-order valence-electron chi connectivity index (χ2n) is 4.33. The second kappa shape index (κ2) is 8.70. The summed E-state index contributed by atoms with van der Waals surface area (Å²) < 4.78 is 5.61. The highest BCUT2D eigenvalue weighted by molar-refractivity contribution is 5.26. The van der Waals surface area contributed by atoms with Crippen molar-refractivity contribution in [3.63, 3.8) is 0 Å². The van der Waals surface area contributed by atoms with Crippen LogP contribution < -0.4 is 10.1 Å². The van der Waals surface area contributed by atoms with E-state index in [1.165, 1.54) is 0 Å². The van der Waals surface area contributed by atoms with Gasteiger partial charge >= 0.3 is 0 Å². The number of nitrogens with zero attached hydrogens (tertiary/aromatic N) is 1. The van der Waals surface area contributed by atoms with Gasteiger partial charge in [0.05, 0.1) is 12.8 Å². The van der Waals surface area contributed by atoms with Crippen molar-refractivity contribution in [2.24, 2.45) is 0 Å². The third kappa shape index (κ3) is 4.88. The largest absolute Gasteiger partial charge is 0.492 e. The summed E-state index contributed by atoms with van der Waals surface area (Å²) in [6, 6.07) is 2.35. The Balaban J connectivity index is 2.73. The van der Waals surface area contributed by atoms with Crippen LogP contribution in [-0.4, -0.2) is 18.1 Å². The van der Waals surface area contributed by atoms with Crippen molar-refractivity contribution in [1.82, 2.24) is 10.3 Å². The van der Waals surface area contributed by atoms with E-state index in [2.05, 4.69) is 36.8 Å². The molecule has 0 aliphatic rings. The predicted molar refractivity (Wildman–Crippen MR) is 75.9 cm³/mol. The lowest BCUT2D eigenvalue weighted by molar-refractivity contribution is 0.315. The van der Waals surface area contributed by atoms with E-state index in [0.717, 1.165) is 43.7 Å². The molecule has 0 aromatic carbocycles. The van der Waals surface area contributed by atoms with Crippen LogP contribution >= 0.6 is 0 Å². The van der Waals surface area contributed by atoms with Gasteiger partial charge < -0.3 is 10.1 Å². The standard InChI is InChI=1S/C15H24N2O/c1-4-7-15(17-8-5-2)13-10-14(12-16-11-13)18-9-6-3/h4,10-12,15,17H,1,5-9H2,2-3H3. The van der Waals surface area contributed by atoms with E-state index < -0.39 is 0 Å². The molecule has 0 saturated heterocycles. The van der Waals surface area contributed by atoms with Crippen LogP contribution in [0, 0.1) is 0 Å². The summed E-state index contributed by atoms with van der Waals surface area (Å²) in [6.07, 6.45) is 8.63. The lowest BCUT2D eigenvalue weighted by atomic mass is 10.1. The second-order valence-corrected chi connectivity index (χ2v) is 4.33. The predicted octanol–water partition coefficient (Wildman–Crippen LogP) is 3.49. The molecule has 18 heavy (non-hydrogen) atoms. The van der Waals surface area contributed by atoms with Gasteiger partial charge in [-0.1, -0.05) is 19.9 Å². The molecule has 0 aliphatic carbocycles. The van der Waals surface area contributed by atoms with Crippen molar-refractivity contribution in [2.45, 2.75) is 39.2 Å². The highest BCUT2D eigenvalue weighted by atomic mass is 16.5. The normalized spacial score (nSPS) is 12.1. The lowest BCUT2D eigenvalue weighted by Gasteiger charge is -2.17. The summed E-state index contributed by atoms with van der Waals surface area (Å²) in [5, 5.41) is 3.50. The molecule has 3 heteroatoms. The van der Waals surface area contributed by atoms with Crippen LogP contribution in [0.1, 0.15) is 44.7 Å². The first kappa shape index (κ1) is 14.7. The Morgan fingerprint density at radius 2 is 2.22 bits per heavy atom. The molecule has 1 heterocycles. The van der Waals surface area contributed by atoms with Gasteiger partial charge in [-0.2, -0.15) is 0 Å². The quantitative estimate of drug-likeness (QED) is 0.679. The molecule has 0 aliphatic heterocycles. The minimum absolute atomic E-state index is 0.278. The molecule has 0 spiro atoms. The molecule has 1 N–H and O–H groups in total. The van der Waals surface area contributed by atoms with E-state index in [1.807, 2.05) is 12.3 Å². The van der Waals surface area contributed by atoms with Crippen molar-refractivity contribution in [1.29, 1.82) is 0 Å². The molecule has 0 saturated carbocycles. The summed E-state index contributed by atoms with van der Waals surface area (Å²) in [4.78, 5) is 4.25. The van der Waals surface area contributed by atoms with E-state index in [0.29, 0.717) is 0 Å². The van der Waals surface area contributed by atoms with Gasteiger partial charge in [-0.05, 0) is 37.4 Å². The van der Waals surface area contributed by atoms with Gasteiger partial charge in [-0.25, -0.2) is 0 Å². The van der Waals surface area contributed by atoms with E-state index >= 15 is 0 Å². The molecular weight excluding hydrogens is 224 g/mol. The van der Waals surface area contributed by atoms with Gasteiger partial charge in [0.15, 0.2) is 0 Å². The fourth-order valence-electron chi connectivity index (χ4n) is 1.75. The zero-order chi connectivity index (χ0) is 13.2. The van der Waals surface area contributed by atoms with Crippen LogP contribution in [0.15, 0.2) is 31.1 Å². The fraction of sp³-hybridized carbons (Fsp3) is 0.533. The van der Waals surface area contributed by atoms with E-state index in [1.54, 1.807) is 6.20 Å². The Hall–Kier alpha value is -1.35. The first-order valence-electron chi connectivity index (χ1n) is 6.73. The van der Waals surface area contributed by atoms with Crippen LogP contribution in [0.3, 0.4) is 0 Å². The average molecular weight is 248 g/mol. The number of hydrogen-bond donors (Lipinski definition) is 1. The number of rotatable bonds is 9. The minimum atomic E-state index is 0.278. The molecular formula is C15H24N2O. The van der Waals surface area contributed by atoms with Crippen LogP contribution in [-0.2, 0) is 0 Å². The van der Waals surface area contributed by atoms with Gasteiger partial charge in [-0.3, -0.25) is 4.98 Å². The molecule has 1 aromatic rings. The summed E-state index contributed by atoms with van der Waals surface area (Å²) in [6.45, 7) is 9.81. The third-order valence-electron chi connectivity index (χ3n) is 2.65. The fourth-order valence-corrected chi connectivity index (χ4v) is 1.75. The minimum Gasteiger partial charge on any atom is -0.492 e. The van der Waals surface area contributed by atoms with Gasteiger partial charge in [0.25, 0.3) is 0 Å². The van der Waals surface area contributed by atoms with Gasteiger partial charge in [-0.15, -0.1) is 6.58 Å². The number of nitrogens with one attached hydrogen (secondary N) is 1. The zero-order valence-electron chi connectivity index (χ0n) is 11.5. The molecule has 1 rings (SSSR count).